The number of esters is 1. The Labute approximate surface area is 168 Å². The predicted octanol–water partition coefficient (Wildman–Crippen LogP) is 6.58. The van der Waals surface area contributed by atoms with Gasteiger partial charge in [-0.1, -0.05) is 69.3 Å². The van der Waals surface area contributed by atoms with Gasteiger partial charge in [0.25, 0.3) is 0 Å². The van der Waals surface area contributed by atoms with Crippen molar-refractivity contribution >= 4 is 25.1 Å². The maximum Gasteiger partial charge on any atom is 0.344 e. The van der Waals surface area contributed by atoms with E-state index < -0.39 is 8.32 Å². The first-order valence-electron chi connectivity index (χ1n) is 9.60. The van der Waals surface area contributed by atoms with E-state index in [2.05, 4.69) is 33.9 Å². The van der Waals surface area contributed by atoms with Gasteiger partial charge in [-0.15, -0.1) is 0 Å². The third kappa shape index (κ3) is 4.51. The van der Waals surface area contributed by atoms with Gasteiger partial charge in [0.2, 0.25) is 0 Å². The first-order chi connectivity index (χ1) is 13.2. The average Bonchev–Trinajstić information content (AvgIpc) is 2.66. The van der Waals surface area contributed by atoms with Gasteiger partial charge in [-0.25, -0.2) is 4.79 Å². The molecule has 28 heavy (non-hydrogen) atoms. The minimum Gasteiger partial charge on any atom is -0.423 e. The van der Waals surface area contributed by atoms with Crippen LogP contribution in [0.25, 0.3) is 10.8 Å². The molecule has 0 saturated carbocycles. The van der Waals surface area contributed by atoms with Gasteiger partial charge in [-0.05, 0) is 52.7 Å². The zero-order chi connectivity index (χ0) is 20.4. The second-order valence-corrected chi connectivity index (χ2v) is 13.4. The molecular weight excluding hydrogens is 364 g/mol. The monoisotopic (exact) mass is 392 g/mol. The van der Waals surface area contributed by atoms with Crippen LogP contribution in [0.1, 0.15) is 36.7 Å². The summed E-state index contributed by atoms with van der Waals surface area (Å²) < 4.78 is 11.8. The lowest BCUT2D eigenvalue weighted by Gasteiger charge is -2.36. The van der Waals surface area contributed by atoms with Crippen LogP contribution >= 0.6 is 0 Å². The number of ether oxygens (including phenoxy) is 1. The Bertz CT molecular complexity index is 964. The fourth-order valence-corrected chi connectivity index (χ4v) is 3.66. The zero-order valence-corrected chi connectivity index (χ0v) is 18.3. The highest BCUT2D eigenvalue weighted by Crippen LogP contribution is 2.37. The van der Waals surface area contributed by atoms with Crippen LogP contribution in [-0.4, -0.2) is 14.3 Å². The Balaban J connectivity index is 1.68. The predicted molar refractivity (Wildman–Crippen MR) is 117 cm³/mol. The van der Waals surface area contributed by atoms with Crippen LogP contribution in [0.2, 0.25) is 18.1 Å². The summed E-state index contributed by atoms with van der Waals surface area (Å²) in [5, 5.41) is 2.10. The minimum atomic E-state index is -1.78. The average molecular weight is 393 g/mol. The van der Waals surface area contributed by atoms with Crippen molar-refractivity contribution in [3.05, 3.63) is 77.9 Å². The molecule has 0 aliphatic rings. The van der Waals surface area contributed by atoms with Crippen LogP contribution in [0.3, 0.4) is 0 Å². The van der Waals surface area contributed by atoms with Crippen LogP contribution in [0.15, 0.2) is 66.7 Å². The third-order valence-corrected chi connectivity index (χ3v) is 10.0. The van der Waals surface area contributed by atoms with Crippen molar-refractivity contribution in [1.82, 2.24) is 0 Å². The summed E-state index contributed by atoms with van der Waals surface area (Å²) in [5.74, 6) is 0.191. The van der Waals surface area contributed by atoms with E-state index in [1.807, 2.05) is 60.7 Å². The molecule has 146 valence electrons. The highest BCUT2D eigenvalue weighted by atomic mass is 28.4. The minimum absolute atomic E-state index is 0.181. The zero-order valence-electron chi connectivity index (χ0n) is 17.3. The highest BCUT2D eigenvalue weighted by molar-refractivity contribution is 6.74. The molecule has 3 aromatic carbocycles. The van der Waals surface area contributed by atoms with Crippen molar-refractivity contribution in [1.29, 1.82) is 0 Å². The smallest absolute Gasteiger partial charge is 0.344 e. The SMILES string of the molecule is CC(C)(C)[Si](C)(C)OCc1ccc(OC(=O)c2cccc3ccccc23)cc1. The van der Waals surface area contributed by atoms with E-state index in [0.29, 0.717) is 17.9 Å². The summed E-state index contributed by atoms with van der Waals surface area (Å²) in [6.45, 7) is 11.8. The van der Waals surface area contributed by atoms with Gasteiger partial charge in [0.15, 0.2) is 8.32 Å². The van der Waals surface area contributed by atoms with Crippen molar-refractivity contribution in [3.8, 4) is 5.75 Å². The second kappa shape index (κ2) is 7.90. The molecule has 3 aromatic rings. The summed E-state index contributed by atoms with van der Waals surface area (Å²) >= 11 is 0. The lowest BCUT2D eigenvalue weighted by atomic mass is 10.0. The molecule has 0 heterocycles. The first-order valence-corrected chi connectivity index (χ1v) is 12.5. The van der Waals surface area contributed by atoms with Crippen molar-refractivity contribution in [2.24, 2.45) is 0 Å². The molecule has 0 spiro atoms. The fraction of sp³-hybridized carbons (Fsp3) is 0.292. The molecule has 0 N–H and O–H groups in total. The fourth-order valence-electron chi connectivity index (χ4n) is 2.70. The molecule has 0 aliphatic carbocycles. The van der Waals surface area contributed by atoms with Crippen LogP contribution in [0.5, 0.6) is 5.75 Å². The van der Waals surface area contributed by atoms with Gasteiger partial charge in [-0.3, -0.25) is 0 Å². The lowest BCUT2D eigenvalue weighted by molar-refractivity contribution is 0.0737. The topological polar surface area (TPSA) is 35.5 Å². The molecule has 0 aliphatic heterocycles. The van der Waals surface area contributed by atoms with Crippen LogP contribution in [0.4, 0.5) is 0 Å². The van der Waals surface area contributed by atoms with Gasteiger partial charge in [-0.2, -0.15) is 0 Å². The second-order valence-electron chi connectivity index (χ2n) is 8.61. The van der Waals surface area contributed by atoms with Crippen LogP contribution in [-0.2, 0) is 11.0 Å². The number of rotatable bonds is 5. The van der Waals surface area contributed by atoms with Gasteiger partial charge in [0, 0.05) is 0 Å². The van der Waals surface area contributed by atoms with Crippen LogP contribution in [0, 0.1) is 0 Å². The normalized spacial score (nSPS) is 12.2. The van der Waals surface area contributed by atoms with E-state index in [1.54, 1.807) is 6.07 Å². The van der Waals surface area contributed by atoms with E-state index in [-0.39, 0.29) is 11.0 Å². The maximum absolute atomic E-state index is 12.6. The molecule has 3 nitrogen and oxygen atoms in total. The quantitative estimate of drug-likeness (QED) is 0.279. The highest BCUT2D eigenvalue weighted by Gasteiger charge is 2.36. The molecule has 3 rings (SSSR count). The Morgan fingerprint density at radius 2 is 1.54 bits per heavy atom. The summed E-state index contributed by atoms with van der Waals surface area (Å²) in [6.07, 6.45) is 0. The van der Waals surface area contributed by atoms with Gasteiger partial charge >= 0.3 is 5.97 Å². The number of hydrogen-bond donors (Lipinski definition) is 0. The molecular formula is C24H28O3Si. The van der Waals surface area contributed by atoms with Crippen molar-refractivity contribution in [3.63, 3.8) is 0 Å². The Kier molecular flexibility index (Phi) is 5.73. The lowest BCUT2D eigenvalue weighted by Crippen LogP contribution is -2.40. The standard InChI is InChI=1S/C24H28O3Si/c1-24(2,3)28(4,5)26-17-18-13-15-20(16-14-18)27-23(25)22-12-8-10-19-9-6-7-11-21(19)22/h6-16H,17H2,1-5H3. The van der Waals surface area contributed by atoms with Gasteiger partial charge in [0.05, 0.1) is 12.2 Å². The Morgan fingerprint density at radius 3 is 2.21 bits per heavy atom. The Hall–Kier alpha value is -2.43. The number of carbonyl (C=O) groups is 1. The van der Waals surface area contributed by atoms with E-state index in [1.165, 1.54) is 0 Å². The molecule has 4 heteroatoms. The number of carbonyl (C=O) groups excluding carboxylic acids is 1. The van der Waals surface area contributed by atoms with E-state index >= 15 is 0 Å². The van der Waals surface area contributed by atoms with Crippen molar-refractivity contribution in [2.75, 3.05) is 0 Å². The first kappa shape index (κ1) is 20.3. The summed E-state index contributed by atoms with van der Waals surface area (Å²) in [5.41, 5.74) is 1.65. The number of hydrogen-bond acceptors (Lipinski definition) is 3. The molecule has 0 bridgehead atoms. The summed E-state index contributed by atoms with van der Waals surface area (Å²) in [7, 11) is -1.78. The van der Waals surface area contributed by atoms with E-state index in [4.69, 9.17) is 9.16 Å². The van der Waals surface area contributed by atoms with E-state index in [0.717, 1.165) is 16.3 Å². The van der Waals surface area contributed by atoms with Crippen molar-refractivity contribution in [2.45, 2.75) is 45.5 Å². The van der Waals surface area contributed by atoms with Crippen LogP contribution < -0.4 is 4.74 Å². The Morgan fingerprint density at radius 1 is 0.893 bits per heavy atom. The number of benzene rings is 3. The maximum atomic E-state index is 12.6. The largest absolute Gasteiger partial charge is 0.423 e. The van der Waals surface area contributed by atoms with Crippen molar-refractivity contribution < 1.29 is 14.0 Å². The molecule has 0 unspecified atom stereocenters. The third-order valence-electron chi connectivity index (χ3n) is 5.55. The molecule has 0 radical (unpaired) electrons. The molecule has 0 amide bonds. The molecule has 0 aromatic heterocycles. The summed E-state index contributed by atoms with van der Waals surface area (Å²) in [4.78, 5) is 12.6. The van der Waals surface area contributed by atoms with Gasteiger partial charge < -0.3 is 9.16 Å². The summed E-state index contributed by atoms with van der Waals surface area (Å²) in [6, 6.07) is 21.0. The van der Waals surface area contributed by atoms with E-state index in [9.17, 15) is 4.79 Å². The molecule has 0 fully saturated rings. The molecule has 0 atom stereocenters. The molecule has 0 saturated heterocycles. The van der Waals surface area contributed by atoms with Gasteiger partial charge in [0.1, 0.15) is 5.75 Å². The number of fused-ring (bicyclic) bond motifs is 1.